The number of benzene rings is 2. The van der Waals surface area contributed by atoms with E-state index in [9.17, 15) is 4.79 Å². The van der Waals surface area contributed by atoms with Crippen molar-refractivity contribution in [3.8, 4) is 11.5 Å². The zero-order valence-electron chi connectivity index (χ0n) is 17.4. The van der Waals surface area contributed by atoms with Gasteiger partial charge in [-0.3, -0.25) is 4.79 Å². The fourth-order valence-corrected chi connectivity index (χ4v) is 8.85. The molecule has 2 aromatic carbocycles. The normalized spacial score (nSPS) is 28.2. The van der Waals surface area contributed by atoms with Crippen LogP contribution in [-0.4, -0.2) is 17.3 Å². The van der Waals surface area contributed by atoms with Crippen LogP contribution < -0.4 is 14.3 Å². The van der Waals surface area contributed by atoms with E-state index < -0.39 is 0 Å². The number of H-pyrrole nitrogens is 1. The lowest BCUT2D eigenvalue weighted by Gasteiger charge is -2.40. The smallest absolute Gasteiger partial charge is 0.305 e. The van der Waals surface area contributed by atoms with Crippen molar-refractivity contribution >= 4 is 23.1 Å². The molecule has 0 unspecified atom stereocenters. The molecule has 1 aliphatic heterocycles. The minimum atomic E-state index is 0.0598. The minimum absolute atomic E-state index is 0.0598. The molecular formula is C25H25NO3S2. The van der Waals surface area contributed by atoms with Crippen molar-refractivity contribution < 1.29 is 9.47 Å². The van der Waals surface area contributed by atoms with Gasteiger partial charge in [-0.1, -0.05) is 47.7 Å². The number of nitrogens with one attached hydrogen (secondary N) is 1. The van der Waals surface area contributed by atoms with Crippen molar-refractivity contribution in [3.05, 3.63) is 74.2 Å². The first-order valence-electron chi connectivity index (χ1n) is 11.0. The number of hydrogen-bond donors (Lipinski definition) is 1. The second kappa shape index (κ2) is 7.75. The average Bonchev–Trinajstić information content (AvgIpc) is 3.51. The molecule has 2 fully saturated rings. The molecule has 2 bridgehead atoms. The van der Waals surface area contributed by atoms with Crippen molar-refractivity contribution in [1.29, 1.82) is 0 Å². The Balaban J connectivity index is 1.35. The molecule has 0 saturated heterocycles. The summed E-state index contributed by atoms with van der Waals surface area (Å²) in [7, 11) is 1.70. The number of fused-ring (bicyclic) bond motifs is 6. The summed E-state index contributed by atoms with van der Waals surface area (Å²) in [5.74, 6) is 3.93. The van der Waals surface area contributed by atoms with Crippen LogP contribution in [0.3, 0.4) is 0 Å². The first kappa shape index (κ1) is 19.5. The van der Waals surface area contributed by atoms with E-state index in [0.29, 0.717) is 17.8 Å². The molecule has 1 aromatic heterocycles. The van der Waals surface area contributed by atoms with Gasteiger partial charge in [0.15, 0.2) is 11.5 Å². The standard InChI is InChI=1S/C25H25NO3S2/c1-28-19-12-16(9-10-18(19)29-13-14-5-3-2-4-6-14)21-20-15-7-8-17(11-15)22(20)30-24-23(21)31-25(27)26-24/h2-6,9-10,12,15,17,20-22H,7-8,11,13H2,1H3,(H,26,27)/t15-,17-,20-,21-,22+/m1/s1. The fraction of sp³-hybridized carbons (Fsp3) is 0.400. The Labute approximate surface area is 190 Å². The predicted molar refractivity (Wildman–Crippen MR) is 125 cm³/mol. The van der Waals surface area contributed by atoms with Crippen LogP contribution in [0.5, 0.6) is 11.5 Å². The largest absolute Gasteiger partial charge is 0.493 e. The van der Waals surface area contributed by atoms with Gasteiger partial charge in [0.05, 0.1) is 12.1 Å². The summed E-state index contributed by atoms with van der Waals surface area (Å²) in [6.45, 7) is 0.509. The van der Waals surface area contributed by atoms with Gasteiger partial charge in [-0.25, -0.2) is 0 Å². The molecule has 4 nitrogen and oxygen atoms in total. The third kappa shape index (κ3) is 3.31. The lowest BCUT2D eigenvalue weighted by molar-refractivity contribution is 0.282. The van der Waals surface area contributed by atoms with E-state index in [0.717, 1.165) is 33.9 Å². The number of thiazole rings is 1. The molecule has 31 heavy (non-hydrogen) atoms. The van der Waals surface area contributed by atoms with E-state index in [4.69, 9.17) is 9.47 Å². The van der Waals surface area contributed by atoms with Crippen molar-refractivity contribution in [3.63, 3.8) is 0 Å². The second-order valence-corrected chi connectivity index (χ2v) is 11.1. The maximum atomic E-state index is 12.2. The van der Waals surface area contributed by atoms with Gasteiger partial charge in [0.1, 0.15) is 6.61 Å². The fourth-order valence-electron chi connectivity index (χ4n) is 5.95. The van der Waals surface area contributed by atoms with Crippen LogP contribution in [0.15, 0.2) is 58.4 Å². The summed E-state index contributed by atoms with van der Waals surface area (Å²) < 4.78 is 11.8. The van der Waals surface area contributed by atoms with Gasteiger partial charge < -0.3 is 14.5 Å². The third-order valence-electron chi connectivity index (χ3n) is 7.25. The maximum absolute atomic E-state index is 12.2. The summed E-state index contributed by atoms with van der Waals surface area (Å²) in [5, 5.41) is 1.71. The van der Waals surface area contributed by atoms with Crippen LogP contribution in [0.1, 0.15) is 41.2 Å². The van der Waals surface area contributed by atoms with Crippen molar-refractivity contribution in [2.24, 2.45) is 17.8 Å². The number of rotatable bonds is 5. The molecule has 2 aliphatic carbocycles. The number of aromatic amines is 1. The zero-order chi connectivity index (χ0) is 20.9. The highest BCUT2D eigenvalue weighted by Gasteiger charge is 2.54. The summed E-state index contributed by atoms with van der Waals surface area (Å²) in [6.07, 6.45) is 4.01. The summed E-state index contributed by atoms with van der Waals surface area (Å²) in [5.41, 5.74) is 2.37. The molecule has 5 atom stereocenters. The predicted octanol–water partition coefficient (Wildman–Crippen LogP) is 5.68. The summed E-state index contributed by atoms with van der Waals surface area (Å²) in [4.78, 5) is 16.6. The molecule has 2 heterocycles. The second-order valence-electron chi connectivity index (χ2n) is 8.86. The molecule has 3 aromatic rings. The van der Waals surface area contributed by atoms with Crippen molar-refractivity contribution in [1.82, 2.24) is 4.98 Å². The van der Waals surface area contributed by atoms with E-state index in [1.165, 1.54) is 41.0 Å². The number of hydrogen-bond acceptors (Lipinski definition) is 5. The summed E-state index contributed by atoms with van der Waals surface area (Å²) in [6, 6.07) is 16.5. The SMILES string of the molecule is COc1cc([C@H]2c3sc(=O)[nH]c3S[C@H]3[C@@H]4CC[C@H](C4)[C@H]23)ccc1OCc1ccccc1. The van der Waals surface area contributed by atoms with Gasteiger partial charge in [-0.2, -0.15) is 0 Å². The molecule has 2 saturated carbocycles. The highest BCUT2D eigenvalue weighted by Crippen LogP contribution is 2.63. The van der Waals surface area contributed by atoms with E-state index in [-0.39, 0.29) is 10.8 Å². The molecule has 6 heteroatoms. The maximum Gasteiger partial charge on any atom is 0.305 e. The molecular weight excluding hydrogens is 426 g/mol. The lowest BCUT2D eigenvalue weighted by Crippen LogP contribution is -2.33. The Morgan fingerprint density at radius 1 is 1.06 bits per heavy atom. The lowest BCUT2D eigenvalue weighted by atomic mass is 9.75. The monoisotopic (exact) mass is 451 g/mol. The number of ether oxygens (including phenoxy) is 2. The number of aromatic nitrogens is 1. The molecule has 6 rings (SSSR count). The van der Waals surface area contributed by atoms with Crippen LogP contribution >= 0.6 is 23.1 Å². The number of methoxy groups -OCH3 is 1. The molecule has 0 spiro atoms. The quantitative estimate of drug-likeness (QED) is 0.543. The molecule has 0 radical (unpaired) electrons. The Hall–Kier alpha value is -2.18. The summed E-state index contributed by atoms with van der Waals surface area (Å²) >= 11 is 3.32. The highest BCUT2D eigenvalue weighted by atomic mass is 32.2. The first-order valence-corrected chi connectivity index (χ1v) is 12.6. The minimum Gasteiger partial charge on any atom is -0.493 e. The Kier molecular flexibility index (Phi) is 4.87. The first-order chi connectivity index (χ1) is 15.2. The van der Waals surface area contributed by atoms with Crippen LogP contribution in [0.2, 0.25) is 0 Å². The van der Waals surface area contributed by atoms with Crippen LogP contribution in [0.25, 0.3) is 0 Å². The Morgan fingerprint density at radius 2 is 1.90 bits per heavy atom. The molecule has 3 aliphatic rings. The molecule has 0 amide bonds. The van der Waals surface area contributed by atoms with Crippen molar-refractivity contribution in [2.45, 2.75) is 42.1 Å². The van der Waals surface area contributed by atoms with Gasteiger partial charge in [-0.15, -0.1) is 11.8 Å². The third-order valence-corrected chi connectivity index (χ3v) is 9.87. The Morgan fingerprint density at radius 3 is 2.74 bits per heavy atom. The van der Waals surface area contributed by atoms with E-state index in [1.807, 2.05) is 36.0 Å². The van der Waals surface area contributed by atoms with E-state index in [1.54, 1.807) is 7.11 Å². The molecule has 1 N–H and O–H groups in total. The van der Waals surface area contributed by atoms with Crippen LogP contribution in [0.4, 0.5) is 0 Å². The number of thioether (sulfide) groups is 1. The van der Waals surface area contributed by atoms with Gasteiger partial charge in [-0.05, 0) is 60.3 Å². The topological polar surface area (TPSA) is 51.3 Å². The van der Waals surface area contributed by atoms with E-state index >= 15 is 0 Å². The van der Waals surface area contributed by atoms with Gasteiger partial charge >= 0.3 is 4.87 Å². The van der Waals surface area contributed by atoms with Crippen LogP contribution in [-0.2, 0) is 6.61 Å². The van der Waals surface area contributed by atoms with Crippen molar-refractivity contribution in [2.75, 3.05) is 7.11 Å². The zero-order valence-corrected chi connectivity index (χ0v) is 19.0. The van der Waals surface area contributed by atoms with Gasteiger partial charge in [0.25, 0.3) is 0 Å². The molecule has 160 valence electrons. The van der Waals surface area contributed by atoms with E-state index in [2.05, 4.69) is 29.2 Å². The highest BCUT2D eigenvalue weighted by molar-refractivity contribution is 8.00. The average molecular weight is 452 g/mol. The van der Waals surface area contributed by atoms with Gasteiger partial charge in [0.2, 0.25) is 0 Å². The van der Waals surface area contributed by atoms with Gasteiger partial charge in [0, 0.05) is 16.0 Å². The van der Waals surface area contributed by atoms with Crippen LogP contribution in [0, 0.1) is 17.8 Å². The Bertz CT molecular complexity index is 1160.